The van der Waals surface area contributed by atoms with Crippen LogP contribution in [0.3, 0.4) is 0 Å². The smallest absolute Gasteiger partial charge is 0.258 e. The Kier molecular flexibility index (Phi) is 6.75. The van der Waals surface area contributed by atoms with E-state index >= 15 is 0 Å². The molecule has 2 amide bonds. The monoisotopic (exact) mass is 318 g/mol. The molecule has 1 saturated carbocycles. The van der Waals surface area contributed by atoms with Crippen molar-refractivity contribution in [3.05, 3.63) is 0 Å². The fourth-order valence-electron chi connectivity index (χ4n) is 2.55. The summed E-state index contributed by atoms with van der Waals surface area (Å²) < 4.78 is 25.4. The number of hydrogen-bond donors (Lipinski definition) is 2. The lowest BCUT2D eigenvalue weighted by Crippen LogP contribution is -2.46. The predicted octanol–water partition coefficient (Wildman–Crippen LogP) is 2.87. The predicted molar refractivity (Wildman–Crippen MR) is 81.6 cm³/mol. The van der Waals surface area contributed by atoms with E-state index in [9.17, 15) is 18.4 Å². The number of carbonyl (C=O) groups excluding carboxylic acids is 2. The molecule has 4 nitrogen and oxygen atoms in total. The van der Waals surface area contributed by atoms with Gasteiger partial charge in [0, 0.05) is 17.4 Å². The Morgan fingerprint density at radius 1 is 1.14 bits per heavy atom. The van der Waals surface area contributed by atoms with Crippen molar-refractivity contribution >= 4 is 11.8 Å². The van der Waals surface area contributed by atoms with Crippen LogP contribution < -0.4 is 10.6 Å². The molecule has 1 aliphatic carbocycles. The van der Waals surface area contributed by atoms with Gasteiger partial charge in [0.25, 0.3) is 6.43 Å². The fraction of sp³-hybridized carbons (Fsp3) is 0.875. The van der Waals surface area contributed by atoms with Gasteiger partial charge in [0.2, 0.25) is 11.8 Å². The second kappa shape index (κ2) is 7.88. The van der Waals surface area contributed by atoms with Gasteiger partial charge in [0.1, 0.15) is 0 Å². The van der Waals surface area contributed by atoms with Crippen LogP contribution in [0.25, 0.3) is 0 Å². The highest BCUT2D eigenvalue weighted by Crippen LogP contribution is 2.26. The summed E-state index contributed by atoms with van der Waals surface area (Å²) in [6.45, 7) is 7.21. The second-order valence-electron chi connectivity index (χ2n) is 7.13. The molecular formula is C16H28F2N2O2. The van der Waals surface area contributed by atoms with E-state index in [1.165, 1.54) is 0 Å². The van der Waals surface area contributed by atoms with E-state index in [1.54, 1.807) is 6.92 Å². The third kappa shape index (κ3) is 5.54. The van der Waals surface area contributed by atoms with Crippen molar-refractivity contribution in [3.63, 3.8) is 0 Å². The summed E-state index contributed by atoms with van der Waals surface area (Å²) in [6, 6.07) is -0.987. The van der Waals surface area contributed by atoms with Crippen LogP contribution >= 0.6 is 0 Å². The van der Waals surface area contributed by atoms with E-state index in [4.69, 9.17) is 0 Å². The quantitative estimate of drug-likeness (QED) is 0.819. The summed E-state index contributed by atoms with van der Waals surface area (Å²) in [6.07, 6.45) is 0.370. The number of amides is 2. The first-order valence-corrected chi connectivity index (χ1v) is 8.04. The first-order valence-electron chi connectivity index (χ1n) is 8.04. The Morgan fingerprint density at radius 2 is 1.68 bits per heavy atom. The Balaban J connectivity index is 2.42. The fourth-order valence-corrected chi connectivity index (χ4v) is 2.55. The molecule has 0 aromatic heterocycles. The molecule has 0 heterocycles. The minimum atomic E-state index is -2.53. The molecule has 22 heavy (non-hydrogen) atoms. The molecule has 0 saturated heterocycles. The van der Waals surface area contributed by atoms with Gasteiger partial charge in [0.15, 0.2) is 0 Å². The van der Waals surface area contributed by atoms with Gasteiger partial charge in [-0.05, 0) is 32.1 Å². The molecule has 1 rings (SSSR count). The molecule has 1 unspecified atom stereocenters. The Bertz CT molecular complexity index is 386. The van der Waals surface area contributed by atoms with Crippen molar-refractivity contribution in [2.75, 3.05) is 0 Å². The number of hydrogen-bond acceptors (Lipinski definition) is 2. The van der Waals surface area contributed by atoms with Gasteiger partial charge < -0.3 is 10.6 Å². The van der Waals surface area contributed by atoms with Gasteiger partial charge in [-0.25, -0.2) is 8.78 Å². The average molecular weight is 318 g/mol. The molecule has 0 radical (unpaired) electrons. The highest BCUT2D eigenvalue weighted by atomic mass is 19.3. The number of rotatable bonds is 5. The molecule has 128 valence electrons. The number of nitrogens with one attached hydrogen (secondary N) is 2. The summed E-state index contributed by atoms with van der Waals surface area (Å²) in [7, 11) is 0. The van der Waals surface area contributed by atoms with Crippen molar-refractivity contribution in [2.24, 2.45) is 11.3 Å². The largest absolute Gasteiger partial charge is 0.353 e. The zero-order chi connectivity index (χ0) is 16.9. The third-order valence-electron chi connectivity index (χ3n) is 4.19. The maximum Gasteiger partial charge on any atom is 0.258 e. The minimum Gasteiger partial charge on any atom is -0.353 e. The van der Waals surface area contributed by atoms with Crippen LogP contribution in [0.4, 0.5) is 8.78 Å². The van der Waals surface area contributed by atoms with Crippen LogP contribution in [0.1, 0.15) is 59.8 Å². The SMILES string of the molecule is CCC(NC(=O)C1CCC(NC(=O)C(C)(C)C)CC1)C(F)F. The average Bonchev–Trinajstić information content (AvgIpc) is 2.43. The van der Waals surface area contributed by atoms with Crippen molar-refractivity contribution in [1.29, 1.82) is 0 Å². The molecule has 0 bridgehead atoms. The normalized spacial score (nSPS) is 24.0. The van der Waals surface area contributed by atoms with E-state index in [0.29, 0.717) is 25.7 Å². The second-order valence-corrected chi connectivity index (χ2v) is 7.13. The maximum atomic E-state index is 12.7. The lowest BCUT2D eigenvalue weighted by molar-refractivity contribution is -0.130. The Labute approximate surface area is 131 Å². The van der Waals surface area contributed by atoms with Crippen LogP contribution in [0.15, 0.2) is 0 Å². The number of halogens is 2. The third-order valence-corrected chi connectivity index (χ3v) is 4.19. The van der Waals surface area contributed by atoms with E-state index in [2.05, 4.69) is 10.6 Å². The van der Waals surface area contributed by atoms with Crippen LogP contribution in [0.5, 0.6) is 0 Å². The van der Waals surface area contributed by atoms with Gasteiger partial charge >= 0.3 is 0 Å². The molecule has 0 spiro atoms. The first-order chi connectivity index (χ1) is 10.1. The summed E-state index contributed by atoms with van der Waals surface area (Å²) in [5, 5.41) is 5.44. The van der Waals surface area contributed by atoms with Gasteiger partial charge in [-0.1, -0.05) is 27.7 Å². The summed E-state index contributed by atoms with van der Waals surface area (Å²) in [4.78, 5) is 24.0. The topological polar surface area (TPSA) is 58.2 Å². The van der Waals surface area contributed by atoms with Crippen molar-refractivity contribution in [1.82, 2.24) is 10.6 Å². The van der Waals surface area contributed by atoms with Gasteiger partial charge in [-0.15, -0.1) is 0 Å². The van der Waals surface area contributed by atoms with Crippen molar-refractivity contribution < 1.29 is 18.4 Å². The van der Waals surface area contributed by atoms with Gasteiger partial charge in [-0.2, -0.15) is 0 Å². The molecule has 0 aliphatic heterocycles. The minimum absolute atomic E-state index is 0.00384. The molecule has 2 N–H and O–H groups in total. The Morgan fingerprint density at radius 3 is 2.09 bits per heavy atom. The molecule has 0 aromatic rings. The first kappa shape index (κ1) is 18.8. The Hall–Kier alpha value is -1.20. The van der Waals surface area contributed by atoms with Gasteiger partial charge in [0.05, 0.1) is 6.04 Å². The van der Waals surface area contributed by atoms with E-state index in [-0.39, 0.29) is 30.2 Å². The molecule has 6 heteroatoms. The molecule has 1 aliphatic rings. The standard InChI is InChI=1S/C16H28F2N2O2/c1-5-12(13(17)18)20-14(21)10-6-8-11(9-7-10)19-15(22)16(2,3)4/h10-13H,5-9H2,1-4H3,(H,19,22)(H,20,21). The van der Waals surface area contributed by atoms with Gasteiger partial charge in [-0.3, -0.25) is 9.59 Å². The van der Waals surface area contributed by atoms with Crippen molar-refractivity contribution in [3.8, 4) is 0 Å². The lowest BCUT2D eigenvalue weighted by atomic mass is 9.84. The van der Waals surface area contributed by atoms with Crippen molar-refractivity contribution in [2.45, 2.75) is 78.3 Å². The van der Waals surface area contributed by atoms with Crippen LogP contribution in [0.2, 0.25) is 0 Å². The molecule has 1 fully saturated rings. The summed E-state index contributed by atoms with van der Waals surface area (Å²) >= 11 is 0. The van der Waals surface area contributed by atoms with E-state index in [0.717, 1.165) is 0 Å². The molecule has 0 aromatic carbocycles. The van der Waals surface area contributed by atoms with Crippen LogP contribution in [0, 0.1) is 11.3 Å². The zero-order valence-corrected chi connectivity index (χ0v) is 13.9. The molecule has 1 atom stereocenters. The van der Waals surface area contributed by atoms with E-state index in [1.807, 2.05) is 20.8 Å². The van der Waals surface area contributed by atoms with E-state index < -0.39 is 17.9 Å². The highest BCUT2D eigenvalue weighted by molar-refractivity contribution is 5.82. The number of carbonyl (C=O) groups is 2. The molecular weight excluding hydrogens is 290 g/mol. The van der Waals surface area contributed by atoms with Crippen LogP contribution in [-0.2, 0) is 9.59 Å². The zero-order valence-electron chi connectivity index (χ0n) is 13.9. The maximum absolute atomic E-state index is 12.7. The summed E-state index contributed by atoms with van der Waals surface area (Å²) in [5.74, 6) is -0.507. The summed E-state index contributed by atoms with van der Waals surface area (Å²) in [5.41, 5.74) is -0.431. The van der Waals surface area contributed by atoms with Crippen LogP contribution in [-0.4, -0.2) is 30.3 Å². The lowest BCUT2D eigenvalue weighted by Gasteiger charge is -2.31. The highest BCUT2D eigenvalue weighted by Gasteiger charge is 2.31. The number of alkyl halides is 2.